The lowest BCUT2D eigenvalue weighted by atomic mass is 9.75. The molecule has 0 spiro atoms. The summed E-state index contributed by atoms with van der Waals surface area (Å²) in [5, 5.41) is 0.794. The Morgan fingerprint density at radius 2 is 1.90 bits per heavy atom. The molecule has 0 saturated heterocycles. The molecule has 0 bridgehead atoms. The van der Waals surface area contributed by atoms with Gasteiger partial charge in [0.2, 0.25) is 0 Å². The summed E-state index contributed by atoms with van der Waals surface area (Å²) in [6.07, 6.45) is 6.84. The van der Waals surface area contributed by atoms with Crippen LogP contribution in [0.5, 0.6) is 0 Å². The maximum absolute atomic E-state index is 13.1. The highest BCUT2D eigenvalue weighted by atomic mass is 16.6. The zero-order valence-electron chi connectivity index (χ0n) is 18.9. The third-order valence-electron chi connectivity index (χ3n) is 6.94. The normalized spacial score (nSPS) is 23.4. The molecule has 1 heterocycles. The maximum Gasteiger partial charge on any atom is 0.344 e. The monoisotopic (exact) mass is 423 g/mol. The molecule has 31 heavy (non-hydrogen) atoms. The van der Waals surface area contributed by atoms with E-state index in [4.69, 9.17) is 14.5 Å². The Morgan fingerprint density at radius 3 is 2.71 bits per heavy atom. The van der Waals surface area contributed by atoms with Gasteiger partial charge in [0.05, 0.1) is 11.1 Å². The largest absolute Gasteiger partial charge is 0.460 e. The van der Waals surface area contributed by atoms with Gasteiger partial charge in [0, 0.05) is 11.1 Å². The minimum atomic E-state index is -0.453. The minimum Gasteiger partial charge on any atom is -0.460 e. The Balaban J connectivity index is 1.48. The van der Waals surface area contributed by atoms with Gasteiger partial charge in [-0.2, -0.15) is 0 Å². The van der Waals surface area contributed by atoms with Crippen LogP contribution in [0.4, 0.5) is 0 Å². The molecule has 5 heteroatoms. The molecule has 1 fully saturated rings. The van der Waals surface area contributed by atoms with Crippen LogP contribution in [0.2, 0.25) is 0 Å². The number of rotatable bonds is 5. The molecule has 0 N–H and O–H groups in total. The maximum atomic E-state index is 13.1. The second kappa shape index (κ2) is 9.37. The van der Waals surface area contributed by atoms with E-state index in [1.807, 2.05) is 24.3 Å². The van der Waals surface area contributed by atoms with E-state index in [0.29, 0.717) is 23.3 Å². The predicted molar refractivity (Wildman–Crippen MR) is 120 cm³/mol. The van der Waals surface area contributed by atoms with Crippen molar-refractivity contribution >= 4 is 22.8 Å². The molecule has 1 aromatic carbocycles. The van der Waals surface area contributed by atoms with E-state index < -0.39 is 11.9 Å². The van der Waals surface area contributed by atoms with E-state index in [1.54, 1.807) is 0 Å². The molecule has 166 valence electrons. The van der Waals surface area contributed by atoms with Crippen LogP contribution in [0, 0.1) is 17.8 Å². The molecule has 0 amide bonds. The summed E-state index contributed by atoms with van der Waals surface area (Å²) < 4.78 is 11.3. The van der Waals surface area contributed by atoms with E-state index in [-0.39, 0.29) is 12.7 Å². The van der Waals surface area contributed by atoms with E-state index in [1.165, 1.54) is 6.42 Å². The van der Waals surface area contributed by atoms with Gasteiger partial charge in [-0.15, -0.1) is 0 Å². The van der Waals surface area contributed by atoms with Gasteiger partial charge in [-0.05, 0) is 67.9 Å². The highest BCUT2D eigenvalue weighted by molar-refractivity contribution is 6.05. The summed E-state index contributed by atoms with van der Waals surface area (Å²) in [5.41, 5.74) is 3.33. The number of esters is 2. The van der Waals surface area contributed by atoms with Crippen LogP contribution in [-0.4, -0.2) is 29.6 Å². The Bertz CT molecular complexity index is 967. The van der Waals surface area contributed by atoms with Crippen molar-refractivity contribution in [3.05, 3.63) is 41.1 Å². The van der Waals surface area contributed by atoms with Gasteiger partial charge in [-0.25, -0.2) is 9.59 Å². The number of hydrogen-bond acceptors (Lipinski definition) is 5. The average Bonchev–Trinajstić information content (AvgIpc) is 2.75. The standard InChI is InChI=1S/C26H33NO4/c1-16(2)18-13-12-17(3)14-23(18)31-24(28)15-30-26(29)25-19-8-4-6-10-21(19)27-22-11-7-5-9-20(22)25/h4,6,8,10,16-18,23H,5,7,9,11-15H2,1-3H3/t17-,18+,23-/m1/s1. The molecule has 3 atom stereocenters. The van der Waals surface area contributed by atoms with Gasteiger partial charge < -0.3 is 9.47 Å². The predicted octanol–water partition coefficient (Wildman–Crippen LogP) is 5.27. The number of fused-ring (bicyclic) bond motifs is 2. The molecule has 0 radical (unpaired) electrons. The van der Waals surface area contributed by atoms with E-state index in [0.717, 1.165) is 60.7 Å². The lowest BCUT2D eigenvalue weighted by Gasteiger charge is -2.36. The number of benzene rings is 1. The number of ether oxygens (including phenoxy) is 2. The van der Waals surface area contributed by atoms with Crippen molar-refractivity contribution in [3.8, 4) is 0 Å². The third-order valence-corrected chi connectivity index (χ3v) is 6.94. The summed E-state index contributed by atoms with van der Waals surface area (Å²) in [6, 6.07) is 7.66. The Kier molecular flexibility index (Phi) is 6.59. The van der Waals surface area contributed by atoms with Crippen molar-refractivity contribution in [3.63, 3.8) is 0 Å². The molecule has 4 rings (SSSR count). The van der Waals surface area contributed by atoms with Gasteiger partial charge in [0.1, 0.15) is 6.10 Å². The minimum absolute atomic E-state index is 0.0931. The number of para-hydroxylation sites is 1. The second-order valence-corrected chi connectivity index (χ2v) is 9.57. The number of aromatic nitrogens is 1. The number of carbonyl (C=O) groups excluding carboxylic acids is 2. The summed E-state index contributed by atoms with van der Waals surface area (Å²) in [5.74, 6) is 0.469. The summed E-state index contributed by atoms with van der Waals surface area (Å²) in [4.78, 5) is 30.4. The molecule has 0 aliphatic heterocycles. The average molecular weight is 424 g/mol. The van der Waals surface area contributed by atoms with E-state index in [2.05, 4.69) is 20.8 Å². The highest BCUT2D eigenvalue weighted by Crippen LogP contribution is 2.35. The van der Waals surface area contributed by atoms with Gasteiger partial charge >= 0.3 is 11.9 Å². The molecule has 5 nitrogen and oxygen atoms in total. The fourth-order valence-corrected chi connectivity index (χ4v) is 5.26. The number of pyridine rings is 1. The first-order chi connectivity index (χ1) is 14.9. The number of nitrogens with zero attached hydrogens (tertiary/aromatic N) is 1. The summed E-state index contributed by atoms with van der Waals surface area (Å²) in [7, 11) is 0. The zero-order valence-corrected chi connectivity index (χ0v) is 18.9. The first kappa shape index (κ1) is 21.8. The number of aryl methyl sites for hydroxylation is 1. The molecule has 1 aromatic heterocycles. The van der Waals surface area contributed by atoms with Crippen LogP contribution >= 0.6 is 0 Å². The van der Waals surface area contributed by atoms with Gasteiger partial charge in [0.15, 0.2) is 6.61 Å². The van der Waals surface area contributed by atoms with Gasteiger partial charge in [-0.1, -0.05) is 45.4 Å². The third kappa shape index (κ3) is 4.76. The van der Waals surface area contributed by atoms with Crippen molar-refractivity contribution in [1.29, 1.82) is 0 Å². The smallest absolute Gasteiger partial charge is 0.344 e. The second-order valence-electron chi connectivity index (χ2n) is 9.57. The quantitative estimate of drug-likeness (QED) is 0.613. The highest BCUT2D eigenvalue weighted by Gasteiger charge is 2.33. The van der Waals surface area contributed by atoms with Crippen LogP contribution in [0.25, 0.3) is 10.9 Å². The molecule has 0 unspecified atom stereocenters. The van der Waals surface area contributed by atoms with Crippen molar-refractivity contribution < 1.29 is 19.1 Å². The fourth-order valence-electron chi connectivity index (χ4n) is 5.26. The van der Waals surface area contributed by atoms with Gasteiger partial charge in [0.25, 0.3) is 0 Å². The topological polar surface area (TPSA) is 65.5 Å². The fraction of sp³-hybridized carbons (Fsp3) is 0.577. The van der Waals surface area contributed by atoms with Crippen LogP contribution in [0.3, 0.4) is 0 Å². The lowest BCUT2D eigenvalue weighted by Crippen LogP contribution is -2.36. The number of hydrogen-bond donors (Lipinski definition) is 0. The number of carbonyl (C=O) groups is 2. The Hall–Kier alpha value is -2.43. The molecule has 1 saturated carbocycles. The Morgan fingerprint density at radius 1 is 1.13 bits per heavy atom. The van der Waals surface area contributed by atoms with Crippen molar-refractivity contribution in [2.24, 2.45) is 17.8 Å². The van der Waals surface area contributed by atoms with Crippen LogP contribution in [0.1, 0.15) is 74.5 Å². The van der Waals surface area contributed by atoms with Crippen LogP contribution in [-0.2, 0) is 27.1 Å². The molecular weight excluding hydrogens is 390 g/mol. The molecular formula is C26H33NO4. The molecule has 2 aliphatic rings. The van der Waals surface area contributed by atoms with Crippen molar-refractivity contribution in [2.45, 2.75) is 71.8 Å². The molecule has 2 aromatic rings. The van der Waals surface area contributed by atoms with E-state index >= 15 is 0 Å². The lowest BCUT2D eigenvalue weighted by molar-refractivity contribution is -0.159. The van der Waals surface area contributed by atoms with Crippen LogP contribution in [0.15, 0.2) is 24.3 Å². The first-order valence-corrected chi connectivity index (χ1v) is 11.7. The molecule has 2 aliphatic carbocycles. The van der Waals surface area contributed by atoms with Crippen LogP contribution < -0.4 is 0 Å². The Labute approximate surface area is 184 Å². The summed E-state index contributed by atoms with van der Waals surface area (Å²) in [6.45, 7) is 6.22. The SMILES string of the molecule is CC(C)[C@@H]1CC[C@@H](C)C[C@H]1OC(=O)COC(=O)c1c2c(nc3ccccc13)CCCC2. The summed E-state index contributed by atoms with van der Waals surface area (Å²) >= 11 is 0. The first-order valence-electron chi connectivity index (χ1n) is 11.7. The van der Waals surface area contributed by atoms with Crippen molar-refractivity contribution in [1.82, 2.24) is 4.98 Å². The zero-order chi connectivity index (χ0) is 22.0. The van der Waals surface area contributed by atoms with E-state index in [9.17, 15) is 9.59 Å². The van der Waals surface area contributed by atoms with Crippen molar-refractivity contribution in [2.75, 3.05) is 6.61 Å². The van der Waals surface area contributed by atoms with Gasteiger partial charge in [-0.3, -0.25) is 4.98 Å².